The first-order valence-corrected chi connectivity index (χ1v) is 10.1. The summed E-state index contributed by atoms with van der Waals surface area (Å²) in [4.78, 5) is 18.6. The summed E-state index contributed by atoms with van der Waals surface area (Å²) in [5.41, 5.74) is -1.93. The maximum Gasteiger partial charge on any atom is 0.419 e. The van der Waals surface area contributed by atoms with Gasteiger partial charge in [0.15, 0.2) is 23.2 Å². The van der Waals surface area contributed by atoms with Crippen LogP contribution in [0.15, 0.2) is 30.5 Å². The van der Waals surface area contributed by atoms with Crippen LogP contribution in [0, 0.1) is 11.6 Å². The second-order valence-corrected chi connectivity index (χ2v) is 7.78. The minimum Gasteiger partial charge on any atom is -0.494 e. The normalized spacial score (nSPS) is 19.6. The lowest BCUT2D eigenvalue weighted by molar-refractivity contribution is -0.140. The minimum atomic E-state index is -4.94. The van der Waals surface area contributed by atoms with Gasteiger partial charge in [-0.15, -0.1) is 10.2 Å². The fourth-order valence-electron chi connectivity index (χ4n) is 4.27. The number of carbonyl (C=O) groups is 1. The highest BCUT2D eigenvalue weighted by molar-refractivity contribution is 5.95. The van der Waals surface area contributed by atoms with E-state index in [1.807, 2.05) is 0 Å². The van der Waals surface area contributed by atoms with Crippen molar-refractivity contribution in [1.29, 1.82) is 0 Å². The largest absolute Gasteiger partial charge is 0.494 e. The van der Waals surface area contributed by atoms with Crippen molar-refractivity contribution in [2.75, 3.05) is 20.3 Å². The second-order valence-electron chi connectivity index (χ2n) is 7.78. The van der Waals surface area contributed by atoms with Crippen molar-refractivity contribution in [3.63, 3.8) is 0 Å². The summed E-state index contributed by atoms with van der Waals surface area (Å²) in [6.45, 7) is 0.170. The molecular formula is C21H16F5N5O3. The third-order valence-corrected chi connectivity index (χ3v) is 5.82. The van der Waals surface area contributed by atoms with Gasteiger partial charge in [-0.2, -0.15) is 13.2 Å². The van der Waals surface area contributed by atoms with Gasteiger partial charge in [-0.25, -0.2) is 13.8 Å². The van der Waals surface area contributed by atoms with Crippen molar-refractivity contribution in [2.45, 2.75) is 24.8 Å². The minimum absolute atomic E-state index is 0.0128. The number of hydrogen-bond acceptors (Lipinski definition) is 6. The van der Waals surface area contributed by atoms with Gasteiger partial charge in [0, 0.05) is 12.6 Å². The molecule has 0 N–H and O–H groups in total. The highest BCUT2D eigenvalue weighted by atomic mass is 19.4. The predicted molar refractivity (Wildman–Crippen MR) is 105 cm³/mol. The van der Waals surface area contributed by atoms with Crippen molar-refractivity contribution in [3.05, 3.63) is 59.0 Å². The standard InChI is InChI=1S/C21H16F5N5O3/c1-33-16-5-14(27-6-13(16)22)18-28-29-19-15-9-34-8-10(7-30(18)19)31(15)20(32)11-3-2-4-12(17(11)23)21(24,25)26/h2-6,10,15H,7-9H2,1H3/t10-,15-/m1/s1. The van der Waals surface area contributed by atoms with E-state index in [1.54, 1.807) is 4.57 Å². The zero-order chi connectivity index (χ0) is 24.2. The molecule has 8 nitrogen and oxygen atoms in total. The van der Waals surface area contributed by atoms with Crippen LogP contribution in [0.5, 0.6) is 5.75 Å². The van der Waals surface area contributed by atoms with Crippen molar-refractivity contribution < 1.29 is 36.2 Å². The van der Waals surface area contributed by atoms with Crippen molar-refractivity contribution in [3.8, 4) is 17.3 Å². The molecule has 3 aromatic rings. The molecule has 0 unspecified atom stereocenters. The first-order valence-electron chi connectivity index (χ1n) is 10.1. The molecule has 2 atom stereocenters. The van der Waals surface area contributed by atoms with E-state index in [9.17, 15) is 26.7 Å². The fourth-order valence-corrected chi connectivity index (χ4v) is 4.27. The monoisotopic (exact) mass is 481 g/mol. The van der Waals surface area contributed by atoms with Crippen LogP contribution in [0.3, 0.4) is 0 Å². The maximum absolute atomic E-state index is 14.7. The summed E-state index contributed by atoms with van der Waals surface area (Å²) < 4.78 is 80.2. The third kappa shape index (κ3) is 3.47. The molecule has 0 spiro atoms. The van der Waals surface area contributed by atoms with Gasteiger partial charge in [0.25, 0.3) is 5.91 Å². The number of pyridine rings is 1. The smallest absolute Gasteiger partial charge is 0.419 e. The summed E-state index contributed by atoms with van der Waals surface area (Å²) >= 11 is 0. The number of aromatic nitrogens is 4. The molecule has 178 valence electrons. The Bertz CT molecular complexity index is 1280. The number of amides is 1. The predicted octanol–water partition coefficient (Wildman–Crippen LogP) is 3.24. The van der Waals surface area contributed by atoms with Gasteiger partial charge in [-0.3, -0.25) is 4.79 Å². The number of ether oxygens (including phenoxy) is 2. The van der Waals surface area contributed by atoms with Gasteiger partial charge in [0.2, 0.25) is 0 Å². The third-order valence-electron chi connectivity index (χ3n) is 5.82. The molecule has 0 radical (unpaired) electrons. The average molecular weight is 481 g/mol. The molecule has 0 aliphatic carbocycles. The van der Waals surface area contributed by atoms with Crippen molar-refractivity contribution >= 4 is 5.91 Å². The number of nitrogens with zero attached hydrogens (tertiary/aromatic N) is 5. The maximum atomic E-state index is 14.7. The number of fused-ring (bicyclic) bond motifs is 4. The van der Waals surface area contributed by atoms with Gasteiger partial charge >= 0.3 is 6.18 Å². The summed E-state index contributed by atoms with van der Waals surface area (Å²) in [6.07, 6.45) is -3.96. The van der Waals surface area contributed by atoms with Gasteiger partial charge in [0.1, 0.15) is 17.6 Å². The van der Waals surface area contributed by atoms with Crippen LogP contribution in [0.4, 0.5) is 22.0 Å². The molecule has 2 aliphatic rings. The van der Waals surface area contributed by atoms with Gasteiger partial charge < -0.3 is 18.9 Å². The molecule has 1 amide bonds. The van der Waals surface area contributed by atoms with E-state index >= 15 is 0 Å². The Morgan fingerprint density at radius 2 is 2.00 bits per heavy atom. The Labute approximate surface area is 188 Å². The highest BCUT2D eigenvalue weighted by Crippen LogP contribution is 2.38. The number of carbonyl (C=O) groups excluding carboxylic acids is 1. The van der Waals surface area contributed by atoms with Crippen LogP contribution in [0.1, 0.15) is 27.8 Å². The van der Waals surface area contributed by atoms with Crippen LogP contribution >= 0.6 is 0 Å². The number of benzene rings is 1. The van der Waals surface area contributed by atoms with E-state index in [1.165, 1.54) is 18.1 Å². The Morgan fingerprint density at radius 1 is 1.21 bits per heavy atom. The molecule has 1 fully saturated rings. The molecule has 1 aromatic carbocycles. The van der Waals surface area contributed by atoms with E-state index in [-0.39, 0.29) is 37.0 Å². The second kappa shape index (κ2) is 8.01. The summed E-state index contributed by atoms with van der Waals surface area (Å²) in [5.74, 6) is -2.65. The molecule has 5 rings (SSSR count). The van der Waals surface area contributed by atoms with Gasteiger partial charge in [0.05, 0.1) is 43.7 Å². The lowest BCUT2D eigenvalue weighted by Gasteiger charge is -2.45. The summed E-state index contributed by atoms with van der Waals surface area (Å²) in [5, 5.41) is 8.25. The van der Waals surface area contributed by atoms with E-state index < -0.39 is 46.9 Å². The number of alkyl halides is 3. The SMILES string of the molecule is COc1cc(-c2nnc3n2C[C@@H]2COC[C@H]3N2C(=O)c2cccc(C(F)(F)F)c2F)ncc1F. The van der Waals surface area contributed by atoms with Crippen LogP contribution < -0.4 is 4.74 Å². The van der Waals surface area contributed by atoms with Crippen LogP contribution in [0.25, 0.3) is 11.5 Å². The number of halogens is 5. The Morgan fingerprint density at radius 3 is 2.74 bits per heavy atom. The number of rotatable bonds is 3. The first kappa shape index (κ1) is 22.2. The molecule has 1 saturated heterocycles. The lowest BCUT2D eigenvalue weighted by atomic mass is 10.0. The highest BCUT2D eigenvalue weighted by Gasteiger charge is 2.45. The lowest BCUT2D eigenvalue weighted by Crippen LogP contribution is -2.56. The van der Waals surface area contributed by atoms with E-state index in [4.69, 9.17) is 9.47 Å². The summed E-state index contributed by atoms with van der Waals surface area (Å²) in [7, 11) is 1.31. The Kier molecular flexibility index (Phi) is 5.23. The molecule has 34 heavy (non-hydrogen) atoms. The van der Waals surface area contributed by atoms with E-state index in [2.05, 4.69) is 15.2 Å². The molecule has 2 aliphatic heterocycles. The average Bonchev–Trinajstić information content (AvgIpc) is 3.21. The molecule has 2 aromatic heterocycles. The van der Waals surface area contributed by atoms with E-state index in [0.29, 0.717) is 11.9 Å². The first-order chi connectivity index (χ1) is 16.2. The number of morpholine rings is 1. The van der Waals surface area contributed by atoms with Crippen LogP contribution in [-0.4, -0.2) is 56.9 Å². The zero-order valence-electron chi connectivity index (χ0n) is 17.5. The topological polar surface area (TPSA) is 82.4 Å². The van der Waals surface area contributed by atoms with E-state index in [0.717, 1.165) is 18.3 Å². The Balaban J connectivity index is 1.54. The summed E-state index contributed by atoms with van der Waals surface area (Å²) in [6, 6.07) is 2.49. The fraction of sp³-hybridized carbons (Fsp3) is 0.333. The molecule has 4 heterocycles. The molecule has 2 bridgehead atoms. The van der Waals surface area contributed by atoms with Crippen molar-refractivity contribution in [1.82, 2.24) is 24.6 Å². The van der Waals surface area contributed by atoms with Crippen LogP contribution in [0.2, 0.25) is 0 Å². The van der Waals surface area contributed by atoms with Crippen LogP contribution in [-0.2, 0) is 17.5 Å². The molecular weight excluding hydrogens is 465 g/mol. The number of hydrogen-bond donors (Lipinski definition) is 0. The quantitative estimate of drug-likeness (QED) is 0.535. The Hall–Kier alpha value is -3.61. The zero-order valence-corrected chi connectivity index (χ0v) is 17.5. The molecule has 13 heteroatoms. The molecule has 0 saturated carbocycles. The number of methoxy groups -OCH3 is 1. The van der Waals surface area contributed by atoms with Crippen molar-refractivity contribution in [2.24, 2.45) is 0 Å². The van der Waals surface area contributed by atoms with Gasteiger partial charge in [-0.1, -0.05) is 6.07 Å². The van der Waals surface area contributed by atoms with Gasteiger partial charge in [-0.05, 0) is 12.1 Å².